The average Bonchev–Trinajstić information content (AvgIpc) is 3.45. The fourth-order valence-corrected chi connectivity index (χ4v) is 4.84. The van der Waals surface area contributed by atoms with Crippen LogP contribution in [0.2, 0.25) is 0 Å². The number of amides is 1. The number of ketones is 1. The number of likely N-dealkylation sites (tertiary alicyclic amines) is 1. The van der Waals surface area contributed by atoms with Gasteiger partial charge in [-0.25, -0.2) is 0 Å². The van der Waals surface area contributed by atoms with E-state index < -0.39 is 17.7 Å². The number of rotatable bonds is 7. The first-order valence-corrected chi connectivity index (χ1v) is 11.8. The molecule has 37 heavy (non-hydrogen) atoms. The number of nitrogens with zero attached hydrogens (tertiary/aromatic N) is 1. The highest BCUT2D eigenvalue weighted by molar-refractivity contribution is 6.46. The maximum atomic E-state index is 13.4. The predicted octanol–water partition coefficient (Wildman–Crippen LogP) is 4.56. The number of aliphatic hydroxyl groups is 1. The Hall–Kier alpha value is -4.72. The number of carbonyl (C=O) groups is 2. The average molecular weight is 499 g/mol. The van der Waals surface area contributed by atoms with Crippen molar-refractivity contribution in [3.63, 3.8) is 0 Å². The molecule has 1 aliphatic heterocycles. The second kappa shape index (κ2) is 9.73. The van der Waals surface area contributed by atoms with Crippen molar-refractivity contribution in [1.29, 1.82) is 0 Å². The number of aromatic amines is 1. The monoisotopic (exact) mass is 498 g/mol. The van der Waals surface area contributed by atoms with Crippen molar-refractivity contribution in [1.82, 2.24) is 9.88 Å². The number of fused-ring (bicyclic) bond motifs is 1. The fourth-order valence-electron chi connectivity index (χ4n) is 4.84. The van der Waals surface area contributed by atoms with E-state index in [1.165, 1.54) is 31.3 Å². The molecule has 3 aromatic carbocycles. The number of phenolic OH excluding ortho intramolecular Hbond substituents is 1. The minimum Gasteiger partial charge on any atom is -0.508 e. The van der Waals surface area contributed by atoms with Crippen molar-refractivity contribution in [3.05, 3.63) is 95.2 Å². The molecule has 0 saturated carbocycles. The molecule has 4 aromatic rings. The summed E-state index contributed by atoms with van der Waals surface area (Å²) in [4.78, 5) is 31.4. The first-order chi connectivity index (χ1) is 17.9. The smallest absolute Gasteiger partial charge is 0.295 e. The van der Waals surface area contributed by atoms with Crippen molar-refractivity contribution < 1.29 is 29.3 Å². The minimum atomic E-state index is -0.860. The summed E-state index contributed by atoms with van der Waals surface area (Å²) in [5.41, 5.74) is 2.76. The number of ether oxygens (including phenoxy) is 2. The highest BCUT2D eigenvalue weighted by atomic mass is 16.5. The Morgan fingerprint density at radius 1 is 1.00 bits per heavy atom. The molecular formula is C29H26N2O6. The standard InChI is InChI=1S/C29H26N2O6/c1-36-20-11-12-24(37-2)22(15-20)27(33)25-26(17-7-9-19(32)10-8-17)31(29(35)28(25)34)14-13-18-16-30-23-6-4-3-5-21(18)23/h3-12,15-16,26,30,32-33H,13-14H2,1-2H3/b27-25+. The molecule has 1 unspecified atom stereocenters. The lowest BCUT2D eigenvalue weighted by Gasteiger charge is -2.25. The first-order valence-electron chi connectivity index (χ1n) is 11.8. The summed E-state index contributed by atoms with van der Waals surface area (Å²) in [5.74, 6) is -1.03. The van der Waals surface area contributed by atoms with Gasteiger partial charge in [-0.1, -0.05) is 30.3 Å². The molecule has 1 aliphatic rings. The number of methoxy groups -OCH3 is 2. The van der Waals surface area contributed by atoms with Crippen LogP contribution in [0.4, 0.5) is 0 Å². The number of aromatic nitrogens is 1. The van der Waals surface area contributed by atoms with Gasteiger partial charge in [0.2, 0.25) is 0 Å². The van der Waals surface area contributed by atoms with Crippen LogP contribution in [-0.2, 0) is 16.0 Å². The van der Waals surface area contributed by atoms with Crippen LogP contribution in [0.15, 0.2) is 78.5 Å². The number of Topliss-reactive ketones (excluding diaryl/α,β-unsaturated/α-hetero) is 1. The van der Waals surface area contributed by atoms with Gasteiger partial charge in [0.1, 0.15) is 23.0 Å². The lowest BCUT2D eigenvalue weighted by atomic mass is 9.94. The molecule has 5 rings (SSSR count). The van der Waals surface area contributed by atoms with Gasteiger partial charge in [-0.15, -0.1) is 0 Å². The third kappa shape index (κ3) is 4.27. The van der Waals surface area contributed by atoms with Crippen LogP contribution in [0.5, 0.6) is 17.2 Å². The highest BCUT2D eigenvalue weighted by Gasteiger charge is 2.46. The summed E-state index contributed by atoms with van der Waals surface area (Å²) >= 11 is 0. The van der Waals surface area contributed by atoms with Gasteiger partial charge in [0.05, 0.1) is 31.4 Å². The molecule has 1 aromatic heterocycles. The topological polar surface area (TPSA) is 112 Å². The third-order valence-electron chi connectivity index (χ3n) is 6.71. The molecule has 3 N–H and O–H groups in total. The zero-order valence-electron chi connectivity index (χ0n) is 20.4. The van der Waals surface area contributed by atoms with E-state index in [-0.39, 0.29) is 29.2 Å². The van der Waals surface area contributed by atoms with Crippen LogP contribution in [0.1, 0.15) is 22.7 Å². The number of aromatic hydroxyl groups is 1. The van der Waals surface area contributed by atoms with Crippen LogP contribution in [0.25, 0.3) is 16.7 Å². The second-order valence-electron chi connectivity index (χ2n) is 8.76. The van der Waals surface area contributed by atoms with Gasteiger partial charge in [0.15, 0.2) is 0 Å². The lowest BCUT2D eigenvalue weighted by molar-refractivity contribution is -0.139. The molecule has 0 spiro atoms. The van der Waals surface area contributed by atoms with Gasteiger partial charge in [0.25, 0.3) is 11.7 Å². The summed E-state index contributed by atoms with van der Waals surface area (Å²) in [5, 5.41) is 22.3. The van der Waals surface area contributed by atoms with Gasteiger partial charge in [-0.05, 0) is 53.9 Å². The van der Waals surface area contributed by atoms with E-state index in [1.807, 2.05) is 30.5 Å². The molecule has 0 aliphatic carbocycles. The maximum absolute atomic E-state index is 13.4. The summed E-state index contributed by atoms with van der Waals surface area (Å²) in [6, 6.07) is 18.1. The van der Waals surface area contributed by atoms with Crippen molar-refractivity contribution in [3.8, 4) is 17.2 Å². The van der Waals surface area contributed by atoms with Crippen LogP contribution in [0, 0.1) is 0 Å². The zero-order valence-corrected chi connectivity index (χ0v) is 20.4. The number of nitrogens with one attached hydrogen (secondary N) is 1. The number of carbonyl (C=O) groups excluding carboxylic acids is 2. The number of para-hydroxylation sites is 1. The molecule has 2 heterocycles. The molecule has 8 heteroatoms. The molecule has 0 bridgehead atoms. The SMILES string of the molecule is COc1ccc(OC)c(/C(O)=C2\C(=O)C(=O)N(CCc3c[nH]c4ccccc34)C2c2ccc(O)cc2)c1. The Kier molecular flexibility index (Phi) is 6.31. The molecule has 1 saturated heterocycles. The fraction of sp³-hybridized carbons (Fsp3) is 0.172. The highest BCUT2D eigenvalue weighted by Crippen LogP contribution is 2.42. The second-order valence-corrected chi connectivity index (χ2v) is 8.76. The third-order valence-corrected chi connectivity index (χ3v) is 6.71. The lowest BCUT2D eigenvalue weighted by Crippen LogP contribution is -2.31. The van der Waals surface area contributed by atoms with E-state index in [9.17, 15) is 19.8 Å². The van der Waals surface area contributed by atoms with Gasteiger partial charge in [0, 0.05) is 23.6 Å². The Labute approximate surface area is 213 Å². The van der Waals surface area contributed by atoms with Crippen LogP contribution < -0.4 is 9.47 Å². The summed E-state index contributed by atoms with van der Waals surface area (Å²) in [6.07, 6.45) is 2.39. The molecule has 8 nitrogen and oxygen atoms in total. The normalized spacial score (nSPS) is 16.9. The number of benzene rings is 3. The predicted molar refractivity (Wildman–Crippen MR) is 139 cm³/mol. The van der Waals surface area contributed by atoms with Crippen molar-refractivity contribution in [2.45, 2.75) is 12.5 Å². The van der Waals surface area contributed by atoms with E-state index in [2.05, 4.69) is 4.98 Å². The molecule has 0 radical (unpaired) electrons. The molecule has 188 valence electrons. The molecular weight excluding hydrogens is 472 g/mol. The van der Waals surface area contributed by atoms with E-state index >= 15 is 0 Å². The number of aliphatic hydroxyl groups excluding tert-OH is 1. The first kappa shape index (κ1) is 24.0. The van der Waals surface area contributed by atoms with Crippen LogP contribution >= 0.6 is 0 Å². The molecule has 1 amide bonds. The van der Waals surface area contributed by atoms with E-state index in [0.717, 1.165) is 16.5 Å². The quantitative estimate of drug-likeness (QED) is 0.196. The molecule has 1 atom stereocenters. The van der Waals surface area contributed by atoms with Crippen molar-refractivity contribution >= 4 is 28.4 Å². The van der Waals surface area contributed by atoms with E-state index in [0.29, 0.717) is 23.5 Å². The Bertz CT molecular complexity index is 1520. The summed E-state index contributed by atoms with van der Waals surface area (Å²) in [7, 11) is 2.95. The number of H-pyrrole nitrogens is 1. The van der Waals surface area contributed by atoms with Gasteiger partial charge in [-0.2, -0.15) is 0 Å². The number of hydrogen-bond acceptors (Lipinski definition) is 6. The number of phenols is 1. The summed E-state index contributed by atoms with van der Waals surface area (Å²) < 4.78 is 10.7. The van der Waals surface area contributed by atoms with E-state index in [4.69, 9.17) is 9.47 Å². The number of hydrogen-bond donors (Lipinski definition) is 3. The minimum absolute atomic E-state index is 0.0500. The van der Waals surface area contributed by atoms with Gasteiger partial charge in [-0.3, -0.25) is 9.59 Å². The largest absolute Gasteiger partial charge is 0.508 e. The Morgan fingerprint density at radius 3 is 2.49 bits per heavy atom. The van der Waals surface area contributed by atoms with Gasteiger partial charge >= 0.3 is 0 Å². The maximum Gasteiger partial charge on any atom is 0.295 e. The Morgan fingerprint density at radius 2 is 1.76 bits per heavy atom. The summed E-state index contributed by atoms with van der Waals surface area (Å²) in [6.45, 7) is 0.240. The Balaban J connectivity index is 1.60. The zero-order chi connectivity index (χ0) is 26.1. The van der Waals surface area contributed by atoms with Crippen molar-refractivity contribution in [2.24, 2.45) is 0 Å². The van der Waals surface area contributed by atoms with Crippen LogP contribution in [-0.4, -0.2) is 52.6 Å². The van der Waals surface area contributed by atoms with Gasteiger partial charge < -0.3 is 29.6 Å². The molecule has 1 fully saturated rings. The van der Waals surface area contributed by atoms with Crippen LogP contribution in [0.3, 0.4) is 0 Å². The van der Waals surface area contributed by atoms with Crippen molar-refractivity contribution in [2.75, 3.05) is 20.8 Å². The van der Waals surface area contributed by atoms with E-state index in [1.54, 1.807) is 30.3 Å².